The predicted octanol–water partition coefficient (Wildman–Crippen LogP) is 3.24. The minimum Gasteiger partial charge on any atom is -0.478 e. The Morgan fingerprint density at radius 2 is 2.13 bits per heavy atom. The summed E-state index contributed by atoms with van der Waals surface area (Å²) in [7, 11) is 0. The first-order valence-corrected chi connectivity index (χ1v) is 4.91. The second-order valence-corrected chi connectivity index (χ2v) is 3.58. The van der Waals surface area contributed by atoms with Crippen LogP contribution in [0.3, 0.4) is 0 Å². The van der Waals surface area contributed by atoms with Gasteiger partial charge in [0.15, 0.2) is 0 Å². The molecule has 0 aliphatic rings. The quantitative estimate of drug-likeness (QED) is 0.676. The van der Waals surface area contributed by atoms with Crippen LogP contribution in [0.25, 0.3) is 6.08 Å². The van der Waals surface area contributed by atoms with Crippen molar-refractivity contribution in [3.05, 3.63) is 52.3 Å². The molecule has 0 radical (unpaired) electrons. The Labute approximate surface area is 94.9 Å². The van der Waals surface area contributed by atoms with E-state index in [2.05, 4.69) is 15.9 Å². The maximum absolute atomic E-state index is 12.7. The summed E-state index contributed by atoms with van der Waals surface area (Å²) in [5.74, 6) is -1.32. The van der Waals surface area contributed by atoms with Gasteiger partial charge in [0.2, 0.25) is 0 Å². The molecule has 4 heteroatoms. The number of benzene rings is 1. The Morgan fingerprint density at radius 3 is 2.73 bits per heavy atom. The maximum Gasteiger partial charge on any atom is 0.328 e. The Hall–Kier alpha value is -1.42. The summed E-state index contributed by atoms with van der Waals surface area (Å²) in [6, 6.07) is 4.29. The van der Waals surface area contributed by atoms with E-state index in [4.69, 9.17) is 5.11 Å². The molecule has 1 aromatic rings. The van der Waals surface area contributed by atoms with E-state index in [0.717, 1.165) is 11.6 Å². The molecule has 0 aliphatic heterocycles. The highest BCUT2D eigenvalue weighted by atomic mass is 79.9. The van der Waals surface area contributed by atoms with E-state index in [9.17, 15) is 9.18 Å². The third-order valence-electron chi connectivity index (χ3n) is 1.59. The van der Waals surface area contributed by atoms with Gasteiger partial charge in [-0.1, -0.05) is 40.2 Å². The zero-order valence-electron chi connectivity index (χ0n) is 7.65. The molecule has 15 heavy (non-hydrogen) atoms. The number of halogens is 2. The van der Waals surface area contributed by atoms with E-state index in [1.807, 2.05) is 0 Å². The zero-order chi connectivity index (χ0) is 11.3. The normalized spacial score (nSPS) is 11.3. The van der Waals surface area contributed by atoms with Crippen molar-refractivity contribution in [1.29, 1.82) is 0 Å². The summed E-state index contributed by atoms with van der Waals surface area (Å²) in [5.41, 5.74) is 0.784. The average molecular weight is 271 g/mol. The van der Waals surface area contributed by atoms with E-state index in [1.165, 1.54) is 18.2 Å². The number of rotatable bonds is 3. The number of hydrogen-bond donors (Lipinski definition) is 1. The molecule has 0 aromatic heterocycles. The molecule has 0 spiro atoms. The van der Waals surface area contributed by atoms with Crippen LogP contribution in [0.15, 0.2) is 40.9 Å². The highest BCUT2D eigenvalue weighted by molar-refractivity contribution is 9.10. The van der Waals surface area contributed by atoms with Gasteiger partial charge >= 0.3 is 5.97 Å². The minimum atomic E-state index is -1.00. The predicted molar refractivity (Wildman–Crippen MR) is 59.9 cm³/mol. The van der Waals surface area contributed by atoms with Crippen LogP contribution in [0.5, 0.6) is 0 Å². The Balaban J connectivity index is 2.77. The van der Waals surface area contributed by atoms with Crippen molar-refractivity contribution in [2.45, 2.75) is 0 Å². The number of carboxylic acid groups (broad SMARTS) is 1. The largest absolute Gasteiger partial charge is 0.478 e. The van der Waals surface area contributed by atoms with Crippen molar-refractivity contribution in [1.82, 2.24) is 0 Å². The van der Waals surface area contributed by atoms with Crippen molar-refractivity contribution >= 4 is 28.0 Å². The molecule has 1 N–H and O–H groups in total. The first-order chi connectivity index (χ1) is 7.09. The van der Waals surface area contributed by atoms with Crippen LogP contribution in [0.1, 0.15) is 5.56 Å². The van der Waals surface area contributed by atoms with Crippen LogP contribution in [0.4, 0.5) is 4.39 Å². The molecule has 0 aliphatic carbocycles. The number of carbonyl (C=O) groups is 1. The molecule has 0 saturated carbocycles. The summed E-state index contributed by atoms with van der Waals surface area (Å²) >= 11 is 3.20. The van der Waals surface area contributed by atoms with Gasteiger partial charge in [-0.15, -0.1) is 0 Å². The molecular weight excluding hydrogens is 263 g/mol. The van der Waals surface area contributed by atoms with Crippen LogP contribution in [-0.2, 0) is 4.79 Å². The number of aliphatic carboxylic acids is 1. The van der Waals surface area contributed by atoms with Crippen molar-refractivity contribution < 1.29 is 14.3 Å². The third-order valence-corrected chi connectivity index (χ3v) is 2.27. The third kappa shape index (κ3) is 4.08. The summed E-state index contributed by atoms with van der Waals surface area (Å²) in [6.07, 6.45) is 5.68. The lowest BCUT2D eigenvalue weighted by Crippen LogP contribution is -1.84. The smallest absolute Gasteiger partial charge is 0.328 e. The maximum atomic E-state index is 12.7. The molecule has 78 valence electrons. The molecule has 0 amide bonds. The molecule has 0 heterocycles. The fourth-order valence-electron chi connectivity index (χ4n) is 0.934. The van der Waals surface area contributed by atoms with Gasteiger partial charge in [0.25, 0.3) is 0 Å². The molecule has 2 nitrogen and oxygen atoms in total. The molecule has 0 fully saturated rings. The van der Waals surface area contributed by atoms with E-state index in [0.29, 0.717) is 4.47 Å². The monoisotopic (exact) mass is 270 g/mol. The van der Waals surface area contributed by atoms with Crippen LogP contribution >= 0.6 is 15.9 Å². The van der Waals surface area contributed by atoms with Crippen LogP contribution in [0.2, 0.25) is 0 Å². The lowest BCUT2D eigenvalue weighted by Gasteiger charge is -1.96. The minimum absolute atomic E-state index is 0.319. The summed E-state index contributed by atoms with van der Waals surface area (Å²) in [4.78, 5) is 10.1. The highest BCUT2D eigenvalue weighted by Gasteiger charge is 1.96. The molecule has 0 unspecified atom stereocenters. The van der Waals surface area contributed by atoms with Gasteiger partial charge in [0.05, 0.1) is 0 Å². The fourth-order valence-corrected chi connectivity index (χ4v) is 1.42. The summed E-state index contributed by atoms with van der Waals surface area (Å²) in [5, 5.41) is 8.32. The van der Waals surface area contributed by atoms with Gasteiger partial charge in [0, 0.05) is 10.5 Å². The highest BCUT2D eigenvalue weighted by Crippen LogP contribution is 2.19. The van der Waals surface area contributed by atoms with E-state index in [-0.39, 0.29) is 5.82 Å². The number of hydrogen-bond acceptors (Lipinski definition) is 1. The molecule has 0 bridgehead atoms. The van der Waals surface area contributed by atoms with Gasteiger partial charge in [-0.2, -0.15) is 0 Å². The first kappa shape index (κ1) is 11.7. The Bertz CT molecular complexity index is 425. The summed E-state index contributed by atoms with van der Waals surface area (Å²) < 4.78 is 13.3. The van der Waals surface area contributed by atoms with Crippen LogP contribution in [0, 0.1) is 5.82 Å². The lowest BCUT2D eigenvalue weighted by atomic mass is 10.2. The molecule has 0 atom stereocenters. The van der Waals surface area contributed by atoms with Crippen molar-refractivity contribution in [3.8, 4) is 0 Å². The van der Waals surface area contributed by atoms with Crippen LogP contribution < -0.4 is 0 Å². The van der Waals surface area contributed by atoms with Crippen molar-refractivity contribution in [2.75, 3.05) is 0 Å². The van der Waals surface area contributed by atoms with Crippen molar-refractivity contribution in [3.63, 3.8) is 0 Å². The van der Waals surface area contributed by atoms with Crippen molar-refractivity contribution in [2.24, 2.45) is 0 Å². The lowest BCUT2D eigenvalue weighted by molar-refractivity contribution is -0.131. The molecular formula is C11H8BrFO2. The number of allylic oxidation sites excluding steroid dienone is 2. The first-order valence-electron chi connectivity index (χ1n) is 4.12. The topological polar surface area (TPSA) is 37.3 Å². The number of carboxylic acids is 1. The zero-order valence-corrected chi connectivity index (χ0v) is 9.24. The summed E-state index contributed by atoms with van der Waals surface area (Å²) in [6.45, 7) is 0. The van der Waals surface area contributed by atoms with E-state index in [1.54, 1.807) is 18.2 Å². The van der Waals surface area contributed by atoms with Crippen LogP contribution in [-0.4, -0.2) is 11.1 Å². The second kappa shape index (κ2) is 5.46. The average Bonchev–Trinajstić information content (AvgIpc) is 2.14. The van der Waals surface area contributed by atoms with Gasteiger partial charge in [0.1, 0.15) is 5.82 Å². The van der Waals surface area contributed by atoms with E-state index >= 15 is 0 Å². The van der Waals surface area contributed by atoms with Gasteiger partial charge < -0.3 is 5.11 Å². The Morgan fingerprint density at radius 1 is 1.40 bits per heavy atom. The van der Waals surface area contributed by atoms with E-state index < -0.39 is 5.97 Å². The SMILES string of the molecule is O=C(O)/C=C/C=C/c1ccc(F)cc1Br. The molecule has 1 aromatic carbocycles. The molecule has 0 saturated heterocycles. The van der Waals surface area contributed by atoms with Gasteiger partial charge in [-0.25, -0.2) is 9.18 Å². The molecule has 1 rings (SSSR count). The standard InChI is InChI=1S/C11H8BrFO2/c12-10-7-9(13)6-5-8(10)3-1-2-4-11(14)15/h1-7H,(H,14,15)/b3-1+,4-2+. The van der Waals surface area contributed by atoms with Gasteiger partial charge in [-0.05, 0) is 17.7 Å². The second-order valence-electron chi connectivity index (χ2n) is 2.72. The van der Waals surface area contributed by atoms with Gasteiger partial charge in [-0.3, -0.25) is 0 Å². The Kier molecular flexibility index (Phi) is 4.24. The fraction of sp³-hybridized carbons (Fsp3) is 0.